The third-order valence-electron chi connectivity index (χ3n) is 3.68. The Bertz CT molecular complexity index is 623. The van der Waals surface area contributed by atoms with Gasteiger partial charge in [0.1, 0.15) is 0 Å². The largest absolute Gasteiger partial charge is 0.481 e. The highest BCUT2D eigenvalue weighted by molar-refractivity contribution is 6.26. The van der Waals surface area contributed by atoms with Crippen molar-refractivity contribution in [2.75, 3.05) is 0 Å². The molecule has 0 fully saturated rings. The van der Waals surface area contributed by atoms with Crippen LogP contribution in [0.4, 0.5) is 0 Å². The molecular weight excluding hydrogens is 302 g/mol. The second-order valence-corrected chi connectivity index (χ2v) is 5.45. The van der Waals surface area contributed by atoms with Gasteiger partial charge < -0.3 is 10.2 Å². The molecule has 0 aliphatic carbocycles. The van der Waals surface area contributed by atoms with Gasteiger partial charge in [-0.3, -0.25) is 24.2 Å². The van der Waals surface area contributed by atoms with Crippen LogP contribution in [0.15, 0.2) is 18.5 Å². The predicted octanol–water partition coefficient (Wildman–Crippen LogP) is 1.88. The smallest absolute Gasteiger partial charge is 0.325 e. The third-order valence-corrected chi connectivity index (χ3v) is 3.68. The van der Waals surface area contributed by atoms with Gasteiger partial charge in [-0.05, 0) is 38.3 Å². The predicted molar refractivity (Wildman–Crippen MR) is 80.2 cm³/mol. The number of rotatable bonds is 9. The van der Waals surface area contributed by atoms with Crippen LogP contribution in [0.1, 0.15) is 48.5 Å². The van der Waals surface area contributed by atoms with Gasteiger partial charge >= 0.3 is 11.9 Å². The minimum Gasteiger partial charge on any atom is -0.481 e. The number of aliphatic carboxylic acids is 2. The van der Waals surface area contributed by atoms with E-state index in [9.17, 15) is 24.3 Å². The van der Waals surface area contributed by atoms with Crippen LogP contribution < -0.4 is 0 Å². The Morgan fingerprint density at radius 2 is 1.78 bits per heavy atom. The van der Waals surface area contributed by atoms with Crippen molar-refractivity contribution >= 4 is 23.5 Å². The lowest BCUT2D eigenvalue weighted by atomic mass is 9.73. The van der Waals surface area contributed by atoms with Gasteiger partial charge in [-0.25, -0.2) is 0 Å². The lowest BCUT2D eigenvalue weighted by molar-refractivity contribution is -0.151. The van der Waals surface area contributed by atoms with Gasteiger partial charge in [-0.2, -0.15) is 0 Å². The summed E-state index contributed by atoms with van der Waals surface area (Å²) in [5, 5.41) is 18.1. The lowest BCUT2D eigenvalue weighted by Gasteiger charge is -2.25. The summed E-state index contributed by atoms with van der Waals surface area (Å²) >= 11 is 0. The number of carboxylic acids is 2. The van der Waals surface area contributed by atoms with Crippen LogP contribution in [0.3, 0.4) is 0 Å². The van der Waals surface area contributed by atoms with E-state index in [4.69, 9.17) is 5.11 Å². The number of pyridine rings is 1. The van der Waals surface area contributed by atoms with E-state index >= 15 is 0 Å². The van der Waals surface area contributed by atoms with E-state index in [1.165, 1.54) is 18.5 Å². The minimum atomic E-state index is -2.20. The Balaban J connectivity index is 3.13. The van der Waals surface area contributed by atoms with Crippen LogP contribution in [-0.4, -0.2) is 38.7 Å². The summed E-state index contributed by atoms with van der Waals surface area (Å²) in [5.41, 5.74) is -1.47. The van der Waals surface area contributed by atoms with Gasteiger partial charge in [0, 0.05) is 24.4 Å². The highest BCUT2D eigenvalue weighted by Gasteiger charge is 2.50. The summed E-state index contributed by atoms with van der Waals surface area (Å²) in [7, 11) is 0. The normalized spacial score (nSPS) is 13.1. The Morgan fingerprint density at radius 1 is 1.13 bits per heavy atom. The zero-order valence-corrected chi connectivity index (χ0v) is 13.0. The molecule has 124 valence electrons. The highest BCUT2D eigenvalue weighted by atomic mass is 16.4. The van der Waals surface area contributed by atoms with Crippen LogP contribution in [0.2, 0.25) is 0 Å². The van der Waals surface area contributed by atoms with Crippen LogP contribution in [0.5, 0.6) is 0 Å². The molecule has 7 nitrogen and oxygen atoms in total. The van der Waals surface area contributed by atoms with Crippen molar-refractivity contribution < 1.29 is 29.4 Å². The topological polar surface area (TPSA) is 122 Å². The monoisotopic (exact) mass is 321 g/mol. The minimum absolute atomic E-state index is 0.0563. The average molecular weight is 321 g/mol. The Hall–Kier alpha value is -2.57. The summed E-state index contributed by atoms with van der Waals surface area (Å²) in [4.78, 5) is 50.8. The molecule has 0 bridgehead atoms. The van der Waals surface area contributed by atoms with Crippen molar-refractivity contribution in [3.05, 3.63) is 29.6 Å². The van der Waals surface area contributed by atoms with E-state index in [2.05, 4.69) is 4.98 Å². The third kappa shape index (κ3) is 4.21. The zero-order valence-electron chi connectivity index (χ0n) is 13.0. The molecule has 7 heteroatoms. The summed E-state index contributed by atoms with van der Waals surface area (Å²) < 4.78 is 0. The summed E-state index contributed by atoms with van der Waals surface area (Å²) in [5.74, 6) is -4.12. The summed E-state index contributed by atoms with van der Waals surface area (Å²) in [6.07, 6.45) is 2.69. The second kappa shape index (κ2) is 7.62. The lowest BCUT2D eigenvalue weighted by Crippen LogP contribution is -2.45. The molecule has 1 aromatic rings. The van der Waals surface area contributed by atoms with Crippen molar-refractivity contribution in [1.82, 2.24) is 4.98 Å². The fraction of sp³-hybridized carbons (Fsp3) is 0.438. The van der Waals surface area contributed by atoms with Gasteiger partial charge in [0.25, 0.3) is 0 Å². The molecule has 1 heterocycles. The van der Waals surface area contributed by atoms with Crippen molar-refractivity contribution in [3.8, 4) is 0 Å². The Labute approximate surface area is 133 Å². The second-order valence-electron chi connectivity index (χ2n) is 5.45. The molecule has 23 heavy (non-hydrogen) atoms. The van der Waals surface area contributed by atoms with Gasteiger partial charge in [0.2, 0.25) is 0 Å². The van der Waals surface area contributed by atoms with Gasteiger partial charge in [0.15, 0.2) is 17.0 Å². The molecule has 0 saturated heterocycles. The number of carboxylic acid groups (broad SMARTS) is 2. The standard InChI is InChI=1S/C16H19NO6/c1-10-7-12(9-17-8-10)14(21)16(11(2)18,15(22)23)6-4-3-5-13(19)20/h7-9H,3-6H2,1-2H3,(H,19,20)(H,22,23). The number of unbranched alkanes of at least 4 members (excludes halogenated alkanes) is 1. The molecule has 1 rings (SSSR count). The van der Waals surface area contributed by atoms with Crippen LogP contribution in [0.25, 0.3) is 0 Å². The molecule has 0 aliphatic heterocycles. The number of nitrogens with zero attached hydrogens (tertiary/aromatic N) is 1. The summed E-state index contributed by atoms with van der Waals surface area (Å²) in [6, 6.07) is 1.48. The molecule has 2 N–H and O–H groups in total. The number of aryl methyl sites for hydroxylation is 1. The van der Waals surface area contributed by atoms with Crippen LogP contribution in [0, 0.1) is 12.3 Å². The molecule has 1 aromatic heterocycles. The maximum Gasteiger partial charge on any atom is 0.325 e. The quantitative estimate of drug-likeness (QED) is 0.404. The SMILES string of the molecule is CC(=O)C(CCCCC(=O)O)(C(=O)O)C(=O)c1cncc(C)c1. The van der Waals surface area contributed by atoms with E-state index in [0.717, 1.165) is 6.92 Å². The van der Waals surface area contributed by atoms with E-state index < -0.39 is 28.9 Å². The van der Waals surface area contributed by atoms with Crippen molar-refractivity contribution in [2.24, 2.45) is 5.41 Å². The molecule has 0 radical (unpaired) electrons. The van der Waals surface area contributed by atoms with Gasteiger partial charge in [-0.15, -0.1) is 0 Å². The number of carbonyl (C=O) groups excluding carboxylic acids is 2. The number of carbonyl (C=O) groups is 4. The van der Waals surface area contributed by atoms with Crippen molar-refractivity contribution in [1.29, 1.82) is 0 Å². The first kappa shape index (κ1) is 18.5. The van der Waals surface area contributed by atoms with E-state index in [1.54, 1.807) is 6.92 Å². The van der Waals surface area contributed by atoms with Gasteiger partial charge in [0.05, 0.1) is 0 Å². The van der Waals surface area contributed by atoms with E-state index in [-0.39, 0.29) is 31.2 Å². The van der Waals surface area contributed by atoms with Crippen molar-refractivity contribution in [2.45, 2.75) is 39.5 Å². The van der Waals surface area contributed by atoms with E-state index in [0.29, 0.717) is 5.56 Å². The summed E-state index contributed by atoms with van der Waals surface area (Å²) in [6.45, 7) is 2.76. The van der Waals surface area contributed by atoms with Gasteiger partial charge in [-0.1, -0.05) is 6.42 Å². The maximum absolute atomic E-state index is 12.7. The molecule has 1 unspecified atom stereocenters. The molecular formula is C16H19NO6. The zero-order chi connectivity index (χ0) is 17.6. The number of hydrogen-bond acceptors (Lipinski definition) is 5. The Kier molecular flexibility index (Phi) is 6.12. The first-order valence-electron chi connectivity index (χ1n) is 7.14. The highest BCUT2D eigenvalue weighted by Crippen LogP contribution is 2.31. The molecule has 1 atom stereocenters. The first-order chi connectivity index (χ1) is 10.7. The average Bonchev–Trinajstić information content (AvgIpc) is 2.45. The fourth-order valence-corrected chi connectivity index (χ4v) is 2.40. The maximum atomic E-state index is 12.7. The number of aromatic nitrogens is 1. The number of ketones is 2. The molecule has 0 aromatic carbocycles. The fourth-order valence-electron chi connectivity index (χ4n) is 2.40. The van der Waals surface area contributed by atoms with Crippen LogP contribution >= 0.6 is 0 Å². The molecule has 0 amide bonds. The molecule has 0 saturated carbocycles. The molecule has 0 aliphatic rings. The van der Waals surface area contributed by atoms with Crippen LogP contribution in [-0.2, 0) is 14.4 Å². The Morgan fingerprint density at radius 3 is 2.26 bits per heavy atom. The number of hydrogen-bond donors (Lipinski definition) is 2. The molecule has 0 spiro atoms. The van der Waals surface area contributed by atoms with Crippen molar-refractivity contribution in [3.63, 3.8) is 0 Å². The first-order valence-corrected chi connectivity index (χ1v) is 7.14. The van der Waals surface area contributed by atoms with E-state index in [1.807, 2.05) is 0 Å². The number of Topliss-reactive ketones (excluding diaryl/α,β-unsaturated/α-hetero) is 2.